The van der Waals surface area contributed by atoms with Crippen LogP contribution in [0.1, 0.15) is 25.5 Å². The number of anilines is 2. The number of hydrogen-bond donors (Lipinski definition) is 2. The van der Waals surface area contributed by atoms with Gasteiger partial charge in [-0.05, 0) is 42.5 Å². The van der Waals surface area contributed by atoms with Gasteiger partial charge in [0.25, 0.3) is 0 Å². The van der Waals surface area contributed by atoms with Crippen LogP contribution in [0.5, 0.6) is 0 Å². The zero-order chi connectivity index (χ0) is 25.9. The van der Waals surface area contributed by atoms with Crippen molar-refractivity contribution in [2.45, 2.75) is 31.4 Å². The van der Waals surface area contributed by atoms with Crippen molar-refractivity contribution in [1.82, 2.24) is 19.7 Å². The summed E-state index contributed by atoms with van der Waals surface area (Å²) in [7, 11) is 1.89. The number of halogens is 1. The third-order valence-corrected chi connectivity index (χ3v) is 8.83. The molecule has 5 atom stereocenters. The van der Waals surface area contributed by atoms with Crippen LogP contribution in [0.3, 0.4) is 0 Å². The van der Waals surface area contributed by atoms with Gasteiger partial charge in [-0.25, -0.2) is 4.98 Å². The van der Waals surface area contributed by atoms with Gasteiger partial charge in [-0.15, -0.1) is 0 Å². The Morgan fingerprint density at radius 3 is 2.68 bits per heavy atom. The summed E-state index contributed by atoms with van der Waals surface area (Å²) in [6.07, 6.45) is 3.20. The molecule has 3 aliphatic rings. The molecule has 3 aromatic rings. The van der Waals surface area contributed by atoms with E-state index in [1.165, 1.54) is 0 Å². The number of nitrogens with zero attached hydrogens (tertiary/aromatic N) is 5. The van der Waals surface area contributed by atoms with E-state index < -0.39 is 6.10 Å². The van der Waals surface area contributed by atoms with Crippen molar-refractivity contribution in [2.75, 3.05) is 49.6 Å². The summed E-state index contributed by atoms with van der Waals surface area (Å²) in [5.74, 6) is 0.808. The molecule has 6 rings (SSSR count). The normalized spacial score (nSPS) is 30.1. The van der Waals surface area contributed by atoms with E-state index in [0.29, 0.717) is 24.1 Å². The average molecular weight is 525 g/mol. The molecular formula is C27H33ClN6O3. The third kappa shape index (κ3) is 4.37. The number of hydrogen-bond acceptors (Lipinski definition) is 7. The fraction of sp³-hybridized carbons (Fsp3) is 0.519. The van der Waals surface area contributed by atoms with Crippen LogP contribution in [0, 0.1) is 11.8 Å². The lowest BCUT2D eigenvalue weighted by molar-refractivity contribution is -0.117. The van der Waals surface area contributed by atoms with E-state index in [1.54, 1.807) is 10.9 Å². The van der Waals surface area contributed by atoms with Crippen molar-refractivity contribution in [3.8, 4) is 0 Å². The highest BCUT2D eigenvalue weighted by Crippen LogP contribution is 2.53. The first-order valence-corrected chi connectivity index (χ1v) is 13.3. The first kappa shape index (κ1) is 24.6. The number of piperazine rings is 1. The molecule has 196 valence electrons. The maximum atomic E-state index is 13.0. The minimum atomic E-state index is -0.470. The lowest BCUT2D eigenvalue weighted by Gasteiger charge is -2.45. The number of rotatable bonds is 5. The van der Waals surface area contributed by atoms with Crippen molar-refractivity contribution in [3.05, 3.63) is 47.4 Å². The largest absolute Gasteiger partial charge is 0.389 e. The first-order chi connectivity index (χ1) is 17.7. The lowest BCUT2D eigenvalue weighted by atomic mass is 9.95. The van der Waals surface area contributed by atoms with Crippen molar-refractivity contribution in [1.29, 1.82) is 0 Å². The van der Waals surface area contributed by atoms with Gasteiger partial charge in [0.15, 0.2) is 0 Å². The number of ether oxygens (including phenoxy) is 1. The number of carbonyl (C=O) groups excluding carboxylic acids is 1. The molecule has 0 radical (unpaired) electrons. The summed E-state index contributed by atoms with van der Waals surface area (Å²) in [5, 5.41) is 20.5. The highest BCUT2D eigenvalue weighted by Gasteiger charge is 2.53. The molecule has 3 fully saturated rings. The molecule has 1 saturated carbocycles. The predicted molar refractivity (Wildman–Crippen MR) is 143 cm³/mol. The van der Waals surface area contributed by atoms with E-state index >= 15 is 0 Å². The number of aliphatic hydroxyl groups excluding tert-OH is 1. The molecule has 2 saturated heterocycles. The number of carbonyl (C=O) groups is 1. The standard InChI is InChI=1S/C27H33ClN6O3/c1-16-24(20-4-5-32(3)31-20)25(16)26(36)30-23-12-17-11-21(19(28)10-18(17)13-29-23)33-6-8-34(9-7-33)27(2)15-37-14-22(27)35/h4-5,10-13,16,22,24-25,35H,6-9,14-15H2,1-3H3,(H,29,30,36)/t16-,22+,24+,25-,27-/m0/s1. The zero-order valence-electron chi connectivity index (χ0n) is 21.4. The Morgan fingerprint density at radius 1 is 1.22 bits per heavy atom. The highest BCUT2D eigenvalue weighted by molar-refractivity contribution is 6.34. The lowest BCUT2D eigenvalue weighted by Crippen LogP contribution is -2.60. The number of aliphatic hydroxyl groups is 1. The minimum Gasteiger partial charge on any atom is -0.389 e. The Morgan fingerprint density at radius 2 is 2.00 bits per heavy atom. The quantitative estimate of drug-likeness (QED) is 0.530. The predicted octanol–water partition coefficient (Wildman–Crippen LogP) is 2.88. The van der Waals surface area contributed by atoms with E-state index in [9.17, 15) is 9.90 Å². The molecule has 0 unspecified atom stereocenters. The van der Waals surface area contributed by atoms with Gasteiger partial charge >= 0.3 is 0 Å². The number of nitrogens with one attached hydrogen (secondary N) is 1. The number of aromatic nitrogens is 3. The maximum Gasteiger partial charge on any atom is 0.229 e. The van der Waals surface area contributed by atoms with Crippen molar-refractivity contribution in [2.24, 2.45) is 18.9 Å². The second-order valence-electron chi connectivity index (χ2n) is 10.9. The molecule has 1 amide bonds. The number of aryl methyl sites for hydroxylation is 1. The van der Waals surface area contributed by atoms with Gasteiger partial charge in [-0.1, -0.05) is 18.5 Å². The Kier molecular flexibility index (Phi) is 6.14. The molecule has 0 spiro atoms. The third-order valence-electron chi connectivity index (χ3n) is 8.53. The zero-order valence-corrected chi connectivity index (χ0v) is 22.1. The minimum absolute atomic E-state index is 0.0214. The van der Waals surface area contributed by atoms with Crippen LogP contribution in [0.2, 0.25) is 5.02 Å². The van der Waals surface area contributed by atoms with E-state index in [2.05, 4.69) is 45.1 Å². The van der Waals surface area contributed by atoms with Gasteiger partial charge in [0.2, 0.25) is 5.91 Å². The number of benzene rings is 1. The van der Waals surface area contributed by atoms with Gasteiger partial charge in [0.1, 0.15) is 5.82 Å². The highest BCUT2D eigenvalue weighted by atomic mass is 35.5. The topological polar surface area (TPSA) is 95.8 Å². The van der Waals surface area contributed by atoms with Crippen LogP contribution in [0.25, 0.3) is 10.8 Å². The Labute approximate surface area is 221 Å². The smallest absolute Gasteiger partial charge is 0.229 e. The summed E-state index contributed by atoms with van der Waals surface area (Å²) in [6, 6.07) is 7.92. The van der Waals surface area contributed by atoms with Gasteiger partial charge in [0.05, 0.1) is 47.2 Å². The van der Waals surface area contributed by atoms with Crippen LogP contribution in [0.4, 0.5) is 11.5 Å². The molecule has 1 aromatic carbocycles. The number of pyridine rings is 1. The summed E-state index contributed by atoms with van der Waals surface area (Å²) in [5.41, 5.74) is 1.59. The fourth-order valence-electron chi connectivity index (χ4n) is 6.02. The molecule has 1 aliphatic carbocycles. The second-order valence-corrected chi connectivity index (χ2v) is 11.3. The Hall–Kier alpha value is -2.72. The maximum absolute atomic E-state index is 13.0. The summed E-state index contributed by atoms with van der Waals surface area (Å²) in [6.45, 7) is 8.35. The molecule has 4 heterocycles. The van der Waals surface area contributed by atoms with Crippen LogP contribution < -0.4 is 10.2 Å². The van der Waals surface area contributed by atoms with E-state index in [0.717, 1.165) is 48.3 Å². The molecule has 2 N–H and O–H groups in total. The monoisotopic (exact) mass is 524 g/mol. The first-order valence-electron chi connectivity index (χ1n) is 12.9. The van der Waals surface area contributed by atoms with Crippen molar-refractivity contribution in [3.63, 3.8) is 0 Å². The fourth-order valence-corrected chi connectivity index (χ4v) is 6.31. The summed E-state index contributed by atoms with van der Waals surface area (Å²) >= 11 is 6.70. The van der Waals surface area contributed by atoms with Gasteiger partial charge in [0, 0.05) is 56.9 Å². The molecule has 10 heteroatoms. The van der Waals surface area contributed by atoms with Crippen molar-refractivity contribution < 1.29 is 14.6 Å². The molecular weight excluding hydrogens is 492 g/mol. The molecule has 37 heavy (non-hydrogen) atoms. The summed E-state index contributed by atoms with van der Waals surface area (Å²) < 4.78 is 7.30. The Balaban J connectivity index is 1.16. The van der Waals surface area contributed by atoms with Gasteiger partial charge in [-0.3, -0.25) is 14.4 Å². The van der Waals surface area contributed by atoms with E-state index in [-0.39, 0.29) is 29.2 Å². The van der Waals surface area contributed by atoms with Gasteiger partial charge < -0.3 is 20.1 Å². The van der Waals surface area contributed by atoms with E-state index in [4.69, 9.17) is 16.3 Å². The SMILES string of the molecule is C[C@@H]1[C@H](C(=O)Nc2cc3cc(N4CCN([C@@]5(C)COC[C@H]5O)CC4)c(Cl)cc3cn2)[C@H]1c1ccn(C)n1. The second kappa shape index (κ2) is 9.23. The number of amides is 1. The van der Waals surface area contributed by atoms with Crippen LogP contribution >= 0.6 is 11.6 Å². The number of fused-ring (bicyclic) bond motifs is 1. The molecule has 2 aliphatic heterocycles. The Bertz CT molecular complexity index is 1340. The van der Waals surface area contributed by atoms with Crippen LogP contribution in [-0.2, 0) is 16.6 Å². The average Bonchev–Trinajstić information content (AvgIpc) is 3.15. The molecule has 9 nitrogen and oxygen atoms in total. The van der Waals surface area contributed by atoms with Crippen molar-refractivity contribution >= 4 is 39.8 Å². The van der Waals surface area contributed by atoms with E-state index in [1.807, 2.05) is 31.4 Å². The molecule has 2 aromatic heterocycles. The molecule has 0 bridgehead atoms. The van der Waals surface area contributed by atoms with Crippen LogP contribution in [-0.4, -0.2) is 81.7 Å². The van der Waals surface area contributed by atoms with Gasteiger partial charge in [-0.2, -0.15) is 5.10 Å². The summed E-state index contributed by atoms with van der Waals surface area (Å²) in [4.78, 5) is 22.1. The van der Waals surface area contributed by atoms with Crippen LogP contribution in [0.15, 0.2) is 36.7 Å².